The molecule has 14 heavy (non-hydrogen) atoms. The Hall–Kier alpha value is -1.27. The molecule has 76 valence electrons. The van der Waals surface area contributed by atoms with Gasteiger partial charge < -0.3 is 5.32 Å². The van der Waals surface area contributed by atoms with Gasteiger partial charge >= 0.3 is 0 Å². The van der Waals surface area contributed by atoms with Crippen LogP contribution in [-0.2, 0) is 13.1 Å². The quantitative estimate of drug-likeness (QED) is 0.732. The first-order chi connectivity index (χ1) is 6.53. The first-order valence-electron chi connectivity index (χ1n) is 4.72. The lowest BCUT2D eigenvalue weighted by molar-refractivity contribution is 0.414. The van der Waals surface area contributed by atoms with E-state index in [-0.39, 0.29) is 5.54 Å². The van der Waals surface area contributed by atoms with Gasteiger partial charge in [0.1, 0.15) is 6.54 Å². The van der Waals surface area contributed by atoms with Crippen molar-refractivity contribution in [3.63, 3.8) is 0 Å². The van der Waals surface area contributed by atoms with Crippen LogP contribution in [0.3, 0.4) is 0 Å². The SMILES string of the molecule is C#CCn1nccc1CNC(C)(C)C. The van der Waals surface area contributed by atoms with Gasteiger partial charge in [0.2, 0.25) is 0 Å². The molecule has 3 nitrogen and oxygen atoms in total. The van der Waals surface area contributed by atoms with Crippen molar-refractivity contribution in [1.29, 1.82) is 0 Å². The lowest BCUT2D eigenvalue weighted by Crippen LogP contribution is -2.35. The summed E-state index contributed by atoms with van der Waals surface area (Å²) < 4.78 is 1.83. The molecule has 0 aliphatic carbocycles. The van der Waals surface area contributed by atoms with Crippen molar-refractivity contribution < 1.29 is 0 Å². The molecule has 0 atom stereocenters. The van der Waals surface area contributed by atoms with E-state index < -0.39 is 0 Å². The summed E-state index contributed by atoms with van der Waals surface area (Å²) in [5.41, 5.74) is 1.24. The van der Waals surface area contributed by atoms with E-state index in [2.05, 4.69) is 37.1 Å². The molecule has 3 heteroatoms. The minimum absolute atomic E-state index is 0.116. The number of nitrogens with one attached hydrogen (secondary N) is 1. The van der Waals surface area contributed by atoms with Crippen LogP contribution in [0.5, 0.6) is 0 Å². The lowest BCUT2D eigenvalue weighted by atomic mass is 10.1. The number of terminal acetylenes is 1. The molecule has 0 aromatic carbocycles. The van der Waals surface area contributed by atoms with Crippen LogP contribution in [0.1, 0.15) is 26.5 Å². The molecule has 0 spiro atoms. The maximum atomic E-state index is 5.24. The fraction of sp³-hybridized carbons (Fsp3) is 0.545. The van der Waals surface area contributed by atoms with E-state index in [0.29, 0.717) is 6.54 Å². The van der Waals surface area contributed by atoms with E-state index in [1.165, 1.54) is 0 Å². The van der Waals surface area contributed by atoms with E-state index in [9.17, 15) is 0 Å². The number of hydrogen-bond acceptors (Lipinski definition) is 2. The third-order valence-corrected chi connectivity index (χ3v) is 1.85. The Morgan fingerprint density at radius 1 is 1.57 bits per heavy atom. The van der Waals surface area contributed by atoms with Gasteiger partial charge in [0.05, 0.1) is 5.69 Å². The predicted octanol–water partition coefficient (Wildman–Crippen LogP) is 1.40. The summed E-state index contributed by atoms with van der Waals surface area (Å²) >= 11 is 0. The van der Waals surface area contributed by atoms with Crippen molar-refractivity contribution in [3.05, 3.63) is 18.0 Å². The molecular weight excluding hydrogens is 174 g/mol. The number of nitrogens with zero attached hydrogens (tertiary/aromatic N) is 2. The molecule has 0 bridgehead atoms. The second-order valence-electron chi connectivity index (χ2n) is 4.29. The zero-order valence-corrected chi connectivity index (χ0v) is 9.04. The highest BCUT2D eigenvalue weighted by Gasteiger charge is 2.09. The summed E-state index contributed by atoms with van der Waals surface area (Å²) in [6, 6.07) is 1.98. The van der Waals surface area contributed by atoms with Crippen molar-refractivity contribution >= 4 is 0 Å². The molecule has 1 N–H and O–H groups in total. The molecule has 1 heterocycles. The highest BCUT2D eigenvalue weighted by molar-refractivity contribution is 5.03. The van der Waals surface area contributed by atoms with Crippen molar-refractivity contribution in [3.8, 4) is 12.3 Å². The monoisotopic (exact) mass is 191 g/mol. The Kier molecular flexibility index (Phi) is 3.32. The molecule has 1 aromatic heterocycles. The predicted molar refractivity (Wildman–Crippen MR) is 57.7 cm³/mol. The number of rotatable bonds is 3. The summed E-state index contributed by atoms with van der Waals surface area (Å²) in [7, 11) is 0. The van der Waals surface area contributed by atoms with Crippen molar-refractivity contribution in [2.45, 2.75) is 39.4 Å². The Balaban J connectivity index is 2.59. The molecule has 0 aliphatic rings. The van der Waals surface area contributed by atoms with Crippen molar-refractivity contribution in [1.82, 2.24) is 15.1 Å². The van der Waals surface area contributed by atoms with Crippen LogP contribution in [0.2, 0.25) is 0 Å². The van der Waals surface area contributed by atoms with Gasteiger partial charge in [-0.25, -0.2) is 0 Å². The van der Waals surface area contributed by atoms with Crippen LogP contribution >= 0.6 is 0 Å². The molecule has 1 rings (SSSR count). The normalized spacial score (nSPS) is 11.3. The van der Waals surface area contributed by atoms with E-state index in [0.717, 1.165) is 12.2 Å². The van der Waals surface area contributed by atoms with Gasteiger partial charge in [0.25, 0.3) is 0 Å². The Morgan fingerprint density at radius 2 is 2.29 bits per heavy atom. The van der Waals surface area contributed by atoms with Crippen LogP contribution in [0.25, 0.3) is 0 Å². The van der Waals surface area contributed by atoms with Gasteiger partial charge in [-0.1, -0.05) is 5.92 Å². The topological polar surface area (TPSA) is 29.9 Å². The summed E-state index contributed by atoms with van der Waals surface area (Å²) in [4.78, 5) is 0. The van der Waals surface area contributed by atoms with Gasteiger partial charge in [-0.3, -0.25) is 4.68 Å². The largest absolute Gasteiger partial charge is 0.306 e. The van der Waals surface area contributed by atoms with Gasteiger partial charge in [-0.15, -0.1) is 6.42 Å². The Bertz CT molecular complexity index is 325. The third kappa shape index (κ3) is 3.23. The standard InChI is InChI=1S/C11H17N3/c1-5-8-14-10(6-7-13-14)9-12-11(2,3)4/h1,6-7,12H,8-9H2,2-4H3. The summed E-state index contributed by atoms with van der Waals surface area (Å²) in [6.45, 7) is 7.73. The maximum absolute atomic E-state index is 5.24. The summed E-state index contributed by atoms with van der Waals surface area (Å²) in [5, 5.41) is 7.53. The minimum atomic E-state index is 0.116. The third-order valence-electron chi connectivity index (χ3n) is 1.85. The second-order valence-corrected chi connectivity index (χ2v) is 4.29. The second kappa shape index (κ2) is 4.30. The molecule has 0 radical (unpaired) electrons. The molecule has 0 unspecified atom stereocenters. The molecule has 0 amide bonds. The van der Waals surface area contributed by atoms with Crippen LogP contribution < -0.4 is 5.32 Å². The fourth-order valence-corrected chi connectivity index (χ4v) is 1.09. The maximum Gasteiger partial charge on any atom is 0.102 e. The molecule has 1 aromatic rings. The lowest BCUT2D eigenvalue weighted by Gasteiger charge is -2.20. The minimum Gasteiger partial charge on any atom is -0.306 e. The average molecular weight is 191 g/mol. The summed E-state index contributed by atoms with van der Waals surface area (Å²) in [5.74, 6) is 2.58. The van der Waals surface area contributed by atoms with Crippen LogP contribution in [0.15, 0.2) is 12.3 Å². The van der Waals surface area contributed by atoms with Gasteiger partial charge in [-0.05, 0) is 26.8 Å². The average Bonchev–Trinajstić information content (AvgIpc) is 2.48. The van der Waals surface area contributed by atoms with E-state index >= 15 is 0 Å². The number of aromatic nitrogens is 2. The van der Waals surface area contributed by atoms with Crippen molar-refractivity contribution in [2.24, 2.45) is 0 Å². The van der Waals surface area contributed by atoms with Gasteiger partial charge in [-0.2, -0.15) is 5.10 Å². The zero-order chi connectivity index (χ0) is 10.6. The molecule has 0 fully saturated rings. The first kappa shape index (κ1) is 10.8. The highest BCUT2D eigenvalue weighted by Crippen LogP contribution is 2.03. The first-order valence-corrected chi connectivity index (χ1v) is 4.72. The van der Waals surface area contributed by atoms with Crippen LogP contribution in [0.4, 0.5) is 0 Å². The van der Waals surface area contributed by atoms with E-state index in [1.807, 2.05) is 10.7 Å². The smallest absolute Gasteiger partial charge is 0.102 e. The number of hydrogen-bond donors (Lipinski definition) is 1. The van der Waals surface area contributed by atoms with Crippen LogP contribution in [-0.4, -0.2) is 15.3 Å². The highest BCUT2D eigenvalue weighted by atomic mass is 15.3. The van der Waals surface area contributed by atoms with Gasteiger partial charge in [0.15, 0.2) is 0 Å². The Morgan fingerprint density at radius 3 is 2.86 bits per heavy atom. The van der Waals surface area contributed by atoms with Crippen molar-refractivity contribution in [2.75, 3.05) is 0 Å². The summed E-state index contributed by atoms with van der Waals surface area (Å²) in [6.07, 6.45) is 7.01. The molecule has 0 saturated carbocycles. The van der Waals surface area contributed by atoms with E-state index in [1.54, 1.807) is 6.20 Å². The zero-order valence-electron chi connectivity index (χ0n) is 9.04. The molecular formula is C11H17N3. The van der Waals surface area contributed by atoms with Crippen LogP contribution in [0, 0.1) is 12.3 Å². The van der Waals surface area contributed by atoms with E-state index in [4.69, 9.17) is 6.42 Å². The fourth-order valence-electron chi connectivity index (χ4n) is 1.09. The van der Waals surface area contributed by atoms with Gasteiger partial charge in [0, 0.05) is 18.3 Å². The molecule has 0 aliphatic heterocycles. The Labute approximate surface area is 85.5 Å². The molecule has 0 saturated heterocycles.